The Balaban J connectivity index is 1.53. The van der Waals surface area contributed by atoms with Crippen molar-refractivity contribution in [2.75, 3.05) is 36.8 Å². The summed E-state index contributed by atoms with van der Waals surface area (Å²) >= 11 is 0. The summed E-state index contributed by atoms with van der Waals surface area (Å²) in [5, 5.41) is 0. The van der Waals surface area contributed by atoms with Crippen molar-refractivity contribution in [2.24, 2.45) is 5.41 Å². The molecule has 1 saturated carbocycles. The van der Waals surface area contributed by atoms with Gasteiger partial charge in [0.1, 0.15) is 0 Å². The summed E-state index contributed by atoms with van der Waals surface area (Å²) in [4.78, 5) is 2.35. The molecular weight excluding hydrogens is 446 g/mol. The van der Waals surface area contributed by atoms with Gasteiger partial charge >= 0.3 is 0 Å². The number of rotatable bonds is 6. The highest BCUT2D eigenvalue weighted by atomic mass is 32.2. The molecule has 1 saturated heterocycles. The zero-order valence-corrected chi connectivity index (χ0v) is 20.3. The standard InChI is InChI=1S/C23H31N3O4S2/c1-25(2)32(29,30)20-11-9-19(10-12-20)31(27,28)24-21-7-3-4-8-22(21)26-17-15-23(16-18-26)13-5-6-14-23/h3-4,7-12,24H,5-6,13-18H2,1-2H3. The van der Waals surface area contributed by atoms with Crippen LogP contribution >= 0.6 is 0 Å². The lowest BCUT2D eigenvalue weighted by atomic mass is 9.77. The SMILES string of the molecule is CN(C)S(=O)(=O)c1ccc(S(=O)(=O)Nc2ccccc2N2CCC3(CCCC3)CC2)cc1. The number of anilines is 2. The Kier molecular flexibility index (Phi) is 6.26. The second kappa shape index (κ2) is 8.68. The number of benzene rings is 2. The molecule has 174 valence electrons. The molecule has 32 heavy (non-hydrogen) atoms. The summed E-state index contributed by atoms with van der Waals surface area (Å²) < 4.78 is 54.4. The number of sulfonamides is 2. The van der Waals surface area contributed by atoms with Gasteiger partial charge in [-0.25, -0.2) is 21.1 Å². The second-order valence-corrected chi connectivity index (χ2v) is 12.9. The molecule has 7 nitrogen and oxygen atoms in total. The Morgan fingerprint density at radius 2 is 1.38 bits per heavy atom. The third-order valence-corrected chi connectivity index (χ3v) is 10.1. The predicted molar refractivity (Wildman–Crippen MR) is 127 cm³/mol. The summed E-state index contributed by atoms with van der Waals surface area (Å²) in [5.74, 6) is 0. The third-order valence-electron chi connectivity index (χ3n) is 6.89. The molecule has 1 aliphatic heterocycles. The summed E-state index contributed by atoms with van der Waals surface area (Å²) in [6, 6.07) is 12.8. The topological polar surface area (TPSA) is 86.8 Å². The zero-order valence-electron chi connectivity index (χ0n) is 18.6. The Hall–Kier alpha value is -2.10. The molecule has 0 atom stereocenters. The molecule has 2 aromatic carbocycles. The van der Waals surface area contributed by atoms with Crippen LogP contribution in [0.3, 0.4) is 0 Å². The second-order valence-electron chi connectivity index (χ2n) is 9.08. The molecule has 2 fully saturated rings. The summed E-state index contributed by atoms with van der Waals surface area (Å²) in [6.45, 7) is 1.85. The molecule has 0 aromatic heterocycles. The first-order chi connectivity index (χ1) is 15.1. The first-order valence-corrected chi connectivity index (χ1v) is 13.9. The quantitative estimate of drug-likeness (QED) is 0.682. The molecule has 1 aliphatic carbocycles. The number of hydrogen-bond donors (Lipinski definition) is 1. The Labute approximate surface area is 191 Å². The minimum Gasteiger partial charge on any atom is -0.370 e. The monoisotopic (exact) mass is 477 g/mol. The van der Waals surface area contributed by atoms with Crippen molar-refractivity contribution in [1.82, 2.24) is 4.31 Å². The van der Waals surface area contributed by atoms with Gasteiger partial charge in [0.05, 0.1) is 21.2 Å². The largest absolute Gasteiger partial charge is 0.370 e. The van der Waals surface area contributed by atoms with Crippen LogP contribution in [0.5, 0.6) is 0 Å². The van der Waals surface area contributed by atoms with Crippen molar-refractivity contribution >= 4 is 31.4 Å². The average molecular weight is 478 g/mol. The number of nitrogens with zero attached hydrogens (tertiary/aromatic N) is 2. The highest BCUT2D eigenvalue weighted by molar-refractivity contribution is 7.92. The van der Waals surface area contributed by atoms with Gasteiger partial charge in [0.25, 0.3) is 10.0 Å². The maximum atomic E-state index is 13.0. The van der Waals surface area contributed by atoms with E-state index in [1.807, 2.05) is 18.2 Å². The van der Waals surface area contributed by atoms with Crippen molar-refractivity contribution in [1.29, 1.82) is 0 Å². The van der Waals surface area contributed by atoms with Gasteiger partial charge in [-0.2, -0.15) is 0 Å². The molecule has 0 radical (unpaired) electrons. The normalized spacial score (nSPS) is 18.9. The lowest BCUT2D eigenvalue weighted by Crippen LogP contribution is -2.39. The van der Waals surface area contributed by atoms with E-state index in [4.69, 9.17) is 0 Å². The van der Waals surface area contributed by atoms with Crippen molar-refractivity contribution < 1.29 is 16.8 Å². The van der Waals surface area contributed by atoms with E-state index in [2.05, 4.69) is 9.62 Å². The molecule has 2 aliphatic rings. The van der Waals surface area contributed by atoms with Gasteiger partial charge in [0, 0.05) is 27.2 Å². The van der Waals surface area contributed by atoms with Gasteiger partial charge in [-0.05, 0) is 67.5 Å². The van der Waals surface area contributed by atoms with Crippen LogP contribution in [0.25, 0.3) is 0 Å². The fourth-order valence-corrected chi connectivity index (χ4v) is 6.86. The lowest BCUT2D eigenvalue weighted by molar-refractivity contribution is 0.226. The van der Waals surface area contributed by atoms with E-state index >= 15 is 0 Å². The molecule has 2 aromatic rings. The van der Waals surface area contributed by atoms with Crippen LogP contribution in [0, 0.1) is 5.41 Å². The van der Waals surface area contributed by atoms with Gasteiger partial charge < -0.3 is 4.90 Å². The molecule has 1 heterocycles. The molecule has 9 heteroatoms. The lowest BCUT2D eigenvalue weighted by Gasteiger charge is -2.41. The molecule has 0 amide bonds. The maximum Gasteiger partial charge on any atom is 0.261 e. The number of piperidine rings is 1. The van der Waals surface area contributed by atoms with E-state index in [1.54, 1.807) is 6.07 Å². The first kappa shape index (κ1) is 23.1. The third kappa shape index (κ3) is 4.51. The fourth-order valence-electron chi connectivity index (χ4n) is 4.89. The van der Waals surface area contributed by atoms with Crippen molar-refractivity contribution in [3.05, 3.63) is 48.5 Å². The molecule has 1 N–H and O–H groups in total. The molecule has 4 rings (SSSR count). The fraction of sp³-hybridized carbons (Fsp3) is 0.478. The van der Waals surface area contributed by atoms with Crippen LogP contribution < -0.4 is 9.62 Å². The number of hydrogen-bond acceptors (Lipinski definition) is 5. The van der Waals surface area contributed by atoms with Crippen molar-refractivity contribution in [3.63, 3.8) is 0 Å². The predicted octanol–water partition coefficient (Wildman–Crippen LogP) is 3.90. The van der Waals surface area contributed by atoms with E-state index in [9.17, 15) is 16.8 Å². The van der Waals surface area contributed by atoms with Crippen LogP contribution in [0.1, 0.15) is 38.5 Å². The van der Waals surface area contributed by atoms with E-state index in [1.165, 1.54) is 64.0 Å². The molecule has 0 unspecified atom stereocenters. The van der Waals surface area contributed by atoms with Crippen LogP contribution in [0.4, 0.5) is 11.4 Å². The minimum atomic E-state index is -3.86. The molecular formula is C23H31N3O4S2. The summed E-state index contributed by atoms with van der Waals surface area (Å²) in [6.07, 6.45) is 7.57. The van der Waals surface area contributed by atoms with Crippen LogP contribution in [0.15, 0.2) is 58.3 Å². The van der Waals surface area contributed by atoms with Crippen LogP contribution in [-0.4, -0.2) is 48.3 Å². The highest BCUT2D eigenvalue weighted by Gasteiger charge is 2.37. The minimum absolute atomic E-state index is 0.0218. The van der Waals surface area contributed by atoms with E-state index in [0.717, 1.165) is 35.9 Å². The zero-order chi connectivity index (χ0) is 23.0. The summed E-state index contributed by atoms with van der Waals surface area (Å²) in [7, 11) is -4.61. The van der Waals surface area contributed by atoms with Crippen molar-refractivity contribution in [3.8, 4) is 0 Å². The molecule has 1 spiro atoms. The van der Waals surface area contributed by atoms with Gasteiger partial charge in [-0.1, -0.05) is 25.0 Å². The van der Waals surface area contributed by atoms with Crippen molar-refractivity contribution in [2.45, 2.75) is 48.3 Å². The van der Waals surface area contributed by atoms with Gasteiger partial charge in [-0.15, -0.1) is 0 Å². The Bertz CT molecular complexity index is 1160. The van der Waals surface area contributed by atoms with Gasteiger partial charge in [0.2, 0.25) is 10.0 Å². The number of para-hydroxylation sites is 2. The Morgan fingerprint density at radius 1 is 0.812 bits per heavy atom. The van der Waals surface area contributed by atoms with Crippen LogP contribution in [-0.2, 0) is 20.0 Å². The first-order valence-electron chi connectivity index (χ1n) is 11.0. The number of nitrogens with one attached hydrogen (secondary N) is 1. The van der Waals surface area contributed by atoms with Gasteiger partial charge in [0.15, 0.2) is 0 Å². The Morgan fingerprint density at radius 3 is 1.97 bits per heavy atom. The smallest absolute Gasteiger partial charge is 0.261 e. The van der Waals surface area contributed by atoms with E-state index in [0.29, 0.717) is 11.1 Å². The van der Waals surface area contributed by atoms with Gasteiger partial charge in [-0.3, -0.25) is 4.72 Å². The maximum absolute atomic E-state index is 13.0. The van der Waals surface area contributed by atoms with E-state index < -0.39 is 20.0 Å². The highest BCUT2D eigenvalue weighted by Crippen LogP contribution is 2.47. The summed E-state index contributed by atoms with van der Waals surface area (Å²) in [5.41, 5.74) is 1.91. The van der Waals surface area contributed by atoms with Crippen LogP contribution in [0.2, 0.25) is 0 Å². The average Bonchev–Trinajstić information content (AvgIpc) is 3.22. The molecule has 0 bridgehead atoms. The van der Waals surface area contributed by atoms with E-state index in [-0.39, 0.29) is 9.79 Å².